The Hall–Kier alpha value is -1.94. The van der Waals surface area contributed by atoms with Gasteiger partial charge < -0.3 is 33.8 Å². The minimum absolute atomic E-state index is 0.104. The van der Waals surface area contributed by atoms with E-state index in [0.717, 1.165) is 114 Å². The van der Waals surface area contributed by atoms with Crippen LogP contribution < -0.4 is 0 Å². The van der Waals surface area contributed by atoms with Crippen LogP contribution in [0.3, 0.4) is 0 Å². The average Bonchev–Trinajstić information content (AvgIpc) is 3.46. The van der Waals surface area contributed by atoms with Crippen molar-refractivity contribution in [1.29, 1.82) is 0 Å². The van der Waals surface area contributed by atoms with Crippen molar-refractivity contribution >= 4 is 39.5 Å². The smallest absolute Gasteiger partial charge is 0.462 e. The number of ether oxygens (including phenoxy) is 4. The van der Waals surface area contributed by atoms with Gasteiger partial charge in [-0.1, -0.05) is 312 Å². The fraction of sp³-hybridized carbons (Fsp3) is 0.945. The number of unbranched alkanes of at least 4 members (excludes halogenated alkanes) is 34. The molecule has 0 spiro atoms. The zero-order valence-electron chi connectivity index (χ0n) is 60.2. The zero-order chi connectivity index (χ0) is 68.2. The molecule has 0 aromatic rings. The molecule has 0 rings (SSSR count). The summed E-state index contributed by atoms with van der Waals surface area (Å²) in [4.78, 5) is 72.7. The Morgan fingerprint density at radius 2 is 0.522 bits per heavy atom. The minimum Gasteiger partial charge on any atom is -0.462 e. The van der Waals surface area contributed by atoms with E-state index in [1.54, 1.807) is 0 Å². The molecule has 19 heteroatoms. The fourth-order valence-corrected chi connectivity index (χ4v) is 12.5. The molecule has 5 unspecified atom stereocenters. The standard InChI is InChI=1S/C73H142O17P2/c1-9-65(7)51-43-35-27-19-15-13-11-12-14-16-20-30-39-47-55-72(77)89-69(60-84-71(76)54-46-38-32-24-26-34-42-50-64(5)6)62-88-92(81,82)86-58-67(74)57-85-91(79,80)87-61-68(90-73(78)56-48-40-31-23-22-28-36-44-52-66(8)10-2)59-83-70(75)53-45-37-29-21-17-18-25-33-41-49-63(3)4/h63-69,74H,9-62H2,1-8H3,(H,79,80)(H,81,82)/t65?,66?,67?,68-,69-/m1/s1. The van der Waals surface area contributed by atoms with Gasteiger partial charge in [-0.25, -0.2) is 9.13 Å². The molecule has 3 N–H and O–H groups in total. The normalized spacial score (nSPS) is 14.8. The van der Waals surface area contributed by atoms with Crippen molar-refractivity contribution in [2.75, 3.05) is 39.6 Å². The van der Waals surface area contributed by atoms with Gasteiger partial charge >= 0.3 is 39.5 Å². The molecule has 0 saturated carbocycles. The van der Waals surface area contributed by atoms with E-state index < -0.39 is 97.5 Å². The maximum absolute atomic E-state index is 13.0. The van der Waals surface area contributed by atoms with E-state index in [-0.39, 0.29) is 25.7 Å². The van der Waals surface area contributed by atoms with Crippen LogP contribution in [0.25, 0.3) is 0 Å². The third-order valence-electron chi connectivity index (χ3n) is 17.5. The van der Waals surface area contributed by atoms with E-state index in [1.165, 1.54) is 161 Å². The van der Waals surface area contributed by atoms with E-state index in [4.69, 9.17) is 37.0 Å². The molecule has 0 aromatic heterocycles. The molecular formula is C73H142O17P2. The van der Waals surface area contributed by atoms with Crippen LogP contribution in [0.15, 0.2) is 0 Å². The van der Waals surface area contributed by atoms with Crippen molar-refractivity contribution in [1.82, 2.24) is 0 Å². The highest BCUT2D eigenvalue weighted by Crippen LogP contribution is 2.45. The number of aliphatic hydroxyl groups excluding tert-OH is 1. The van der Waals surface area contributed by atoms with Gasteiger partial charge in [0, 0.05) is 25.7 Å². The lowest BCUT2D eigenvalue weighted by Crippen LogP contribution is -2.30. The number of phosphoric ester groups is 2. The van der Waals surface area contributed by atoms with Gasteiger partial charge in [-0.05, 0) is 49.4 Å². The largest absolute Gasteiger partial charge is 0.472 e. The molecule has 17 nitrogen and oxygen atoms in total. The summed E-state index contributed by atoms with van der Waals surface area (Å²) in [6.45, 7) is 14.2. The predicted molar refractivity (Wildman–Crippen MR) is 372 cm³/mol. The summed E-state index contributed by atoms with van der Waals surface area (Å²) in [5.41, 5.74) is 0. The van der Waals surface area contributed by atoms with Crippen LogP contribution >= 0.6 is 15.6 Å². The van der Waals surface area contributed by atoms with Crippen molar-refractivity contribution in [3.63, 3.8) is 0 Å². The van der Waals surface area contributed by atoms with Crippen LogP contribution in [0.2, 0.25) is 0 Å². The summed E-state index contributed by atoms with van der Waals surface area (Å²) in [5.74, 6) is 0.937. The third kappa shape index (κ3) is 64.1. The van der Waals surface area contributed by atoms with Gasteiger partial charge in [-0.3, -0.25) is 37.3 Å². The molecule has 0 amide bonds. The van der Waals surface area contributed by atoms with E-state index in [2.05, 4.69) is 55.4 Å². The number of hydrogen-bond donors (Lipinski definition) is 3. The molecule has 546 valence electrons. The molecule has 0 heterocycles. The molecule has 0 aliphatic heterocycles. The Morgan fingerprint density at radius 3 is 0.772 bits per heavy atom. The second-order valence-electron chi connectivity index (χ2n) is 27.8. The number of carbonyl (C=O) groups is 4. The first-order valence-corrected chi connectivity index (χ1v) is 40.8. The van der Waals surface area contributed by atoms with Gasteiger partial charge in [0.05, 0.1) is 26.4 Å². The van der Waals surface area contributed by atoms with Crippen LogP contribution in [-0.2, 0) is 65.4 Å². The fourth-order valence-electron chi connectivity index (χ4n) is 11.0. The highest BCUT2D eigenvalue weighted by atomic mass is 31.2. The Bertz CT molecular complexity index is 1820. The molecule has 0 aliphatic rings. The molecule has 0 radical (unpaired) electrons. The van der Waals surface area contributed by atoms with Gasteiger partial charge in [0.2, 0.25) is 0 Å². The van der Waals surface area contributed by atoms with Crippen LogP contribution in [0.1, 0.15) is 364 Å². The lowest BCUT2D eigenvalue weighted by atomic mass is 9.99. The van der Waals surface area contributed by atoms with E-state index in [9.17, 15) is 43.2 Å². The number of rotatable bonds is 70. The third-order valence-corrected chi connectivity index (χ3v) is 19.4. The summed E-state index contributed by atoms with van der Waals surface area (Å²) in [7, 11) is -9.91. The molecule has 92 heavy (non-hydrogen) atoms. The number of aliphatic hydroxyl groups is 1. The maximum Gasteiger partial charge on any atom is 0.472 e. The zero-order valence-corrected chi connectivity index (χ0v) is 62.0. The van der Waals surface area contributed by atoms with Crippen molar-refractivity contribution in [2.45, 2.75) is 382 Å². The van der Waals surface area contributed by atoms with Gasteiger partial charge in [-0.2, -0.15) is 0 Å². The maximum atomic E-state index is 13.0. The molecule has 0 saturated heterocycles. The van der Waals surface area contributed by atoms with Crippen molar-refractivity contribution < 1.29 is 80.2 Å². The van der Waals surface area contributed by atoms with Crippen LogP contribution in [-0.4, -0.2) is 96.7 Å². The number of carbonyl (C=O) groups excluding carboxylic acids is 4. The molecule has 7 atom stereocenters. The van der Waals surface area contributed by atoms with Crippen LogP contribution in [0.4, 0.5) is 0 Å². The Balaban J connectivity index is 5.24. The molecular weight excluding hydrogens is 1210 g/mol. The summed E-state index contributed by atoms with van der Waals surface area (Å²) in [6, 6.07) is 0. The Morgan fingerprint density at radius 1 is 0.304 bits per heavy atom. The van der Waals surface area contributed by atoms with Crippen LogP contribution in [0, 0.1) is 23.7 Å². The average molecular weight is 1350 g/mol. The summed E-state index contributed by atoms with van der Waals surface area (Å²) in [6.07, 6.45) is 45.8. The topological polar surface area (TPSA) is 237 Å². The number of phosphoric acid groups is 2. The quantitative estimate of drug-likeness (QED) is 0.0222. The summed E-state index contributed by atoms with van der Waals surface area (Å²) < 4.78 is 68.4. The summed E-state index contributed by atoms with van der Waals surface area (Å²) in [5, 5.41) is 10.6. The van der Waals surface area contributed by atoms with Crippen LogP contribution in [0.5, 0.6) is 0 Å². The molecule has 0 bridgehead atoms. The number of hydrogen-bond acceptors (Lipinski definition) is 15. The lowest BCUT2D eigenvalue weighted by Gasteiger charge is -2.21. The van der Waals surface area contributed by atoms with Crippen molar-refractivity contribution in [3.8, 4) is 0 Å². The molecule has 0 aliphatic carbocycles. The second kappa shape index (κ2) is 62.6. The minimum atomic E-state index is -4.95. The van der Waals surface area contributed by atoms with Gasteiger partial charge in [0.15, 0.2) is 12.2 Å². The predicted octanol–water partition coefficient (Wildman–Crippen LogP) is 20.9. The SMILES string of the molecule is CCC(C)CCCCCCCCCCCCCCCCC(=O)O[C@H](COC(=O)CCCCCCCCCC(C)C)COP(=O)(O)OCC(O)COP(=O)(O)OC[C@@H](COC(=O)CCCCCCCCCCCC(C)C)OC(=O)CCCCCCCCCCC(C)CC. The van der Waals surface area contributed by atoms with E-state index in [0.29, 0.717) is 31.6 Å². The van der Waals surface area contributed by atoms with E-state index >= 15 is 0 Å². The highest BCUT2D eigenvalue weighted by molar-refractivity contribution is 7.47. The highest BCUT2D eigenvalue weighted by Gasteiger charge is 2.30. The monoisotopic (exact) mass is 1350 g/mol. The molecule has 0 fully saturated rings. The second-order valence-corrected chi connectivity index (χ2v) is 30.7. The van der Waals surface area contributed by atoms with Crippen molar-refractivity contribution in [3.05, 3.63) is 0 Å². The Kier molecular flexibility index (Phi) is 61.3. The van der Waals surface area contributed by atoms with E-state index in [1.807, 2.05) is 0 Å². The number of esters is 4. The lowest BCUT2D eigenvalue weighted by molar-refractivity contribution is -0.161. The first-order valence-electron chi connectivity index (χ1n) is 37.8. The van der Waals surface area contributed by atoms with Crippen molar-refractivity contribution in [2.24, 2.45) is 23.7 Å². The molecule has 0 aromatic carbocycles. The van der Waals surface area contributed by atoms with Gasteiger partial charge in [0.25, 0.3) is 0 Å². The van der Waals surface area contributed by atoms with Gasteiger partial charge in [0.1, 0.15) is 19.3 Å². The Labute approximate surface area is 562 Å². The first kappa shape index (κ1) is 90.1. The summed E-state index contributed by atoms with van der Waals surface area (Å²) >= 11 is 0. The van der Waals surface area contributed by atoms with Gasteiger partial charge in [-0.15, -0.1) is 0 Å². The first-order chi connectivity index (χ1) is 44.2.